The normalized spacial score (nSPS) is 10.9. The van der Waals surface area contributed by atoms with E-state index >= 15 is 0 Å². The Morgan fingerprint density at radius 1 is 1.38 bits per heavy atom. The van der Waals surface area contributed by atoms with E-state index in [1.165, 1.54) is 0 Å². The average Bonchev–Trinajstić information content (AvgIpc) is 3.11. The highest BCUT2D eigenvalue weighted by Gasteiger charge is 2.09. The number of imidazole rings is 2. The van der Waals surface area contributed by atoms with Gasteiger partial charge in [0, 0.05) is 37.9 Å². The van der Waals surface area contributed by atoms with Crippen LogP contribution in [0.25, 0.3) is 5.65 Å². The summed E-state index contributed by atoms with van der Waals surface area (Å²) in [5, 5.41) is 2.89. The van der Waals surface area contributed by atoms with Crippen LogP contribution in [0, 0.1) is 6.92 Å². The lowest BCUT2D eigenvalue weighted by molar-refractivity contribution is 0.0948. The van der Waals surface area contributed by atoms with Crippen molar-refractivity contribution in [3.63, 3.8) is 0 Å². The van der Waals surface area contributed by atoms with Crippen LogP contribution in [0.3, 0.4) is 0 Å². The van der Waals surface area contributed by atoms with Crippen molar-refractivity contribution in [2.45, 2.75) is 19.9 Å². The number of carbonyl (C=O) groups is 1. The number of nitrogens with one attached hydrogen (secondary N) is 1. The van der Waals surface area contributed by atoms with Gasteiger partial charge in [-0.15, -0.1) is 0 Å². The third-order valence-corrected chi connectivity index (χ3v) is 3.29. The number of fused-ring (bicyclic) bond motifs is 1. The van der Waals surface area contributed by atoms with Gasteiger partial charge in [-0.1, -0.05) is 0 Å². The quantitative estimate of drug-likeness (QED) is 0.724. The van der Waals surface area contributed by atoms with Gasteiger partial charge in [-0.2, -0.15) is 0 Å². The largest absolute Gasteiger partial charge is 0.351 e. The zero-order valence-corrected chi connectivity index (χ0v) is 11.9. The van der Waals surface area contributed by atoms with Gasteiger partial charge in [0.15, 0.2) is 0 Å². The Balaban J connectivity index is 1.56. The number of amides is 1. The van der Waals surface area contributed by atoms with Crippen LogP contribution in [0.5, 0.6) is 0 Å². The van der Waals surface area contributed by atoms with Gasteiger partial charge in [0.05, 0.1) is 6.33 Å². The molecule has 1 amide bonds. The van der Waals surface area contributed by atoms with Crippen LogP contribution in [0.15, 0.2) is 43.2 Å². The average molecular weight is 283 g/mol. The first-order valence-electron chi connectivity index (χ1n) is 6.92. The molecule has 21 heavy (non-hydrogen) atoms. The summed E-state index contributed by atoms with van der Waals surface area (Å²) >= 11 is 0. The second-order valence-electron chi connectivity index (χ2n) is 5.01. The van der Waals surface area contributed by atoms with E-state index < -0.39 is 0 Å². The van der Waals surface area contributed by atoms with Gasteiger partial charge in [0.25, 0.3) is 5.91 Å². The van der Waals surface area contributed by atoms with Crippen molar-refractivity contribution >= 4 is 11.6 Å². The molecule has 0 saturated heterocycles. The van der Waals surface area contributed by atoms with Crippen molar-refractivity contribution in [3.05, 3.63) is 54.5 Å². The molecule has 108 valence electrons. The van der Waals surface area contributed by atoms with E-state index in [4.69, 9.17) is 0 Å². The lowest BCUT2D eigenvalue weighted by atomic mass is 10.3. The molecule has 3 rings (SSSR count). The fourth-order valence-corrected chi connectivity index (χ4v) is 2.17. The SMILES string of the molecule is Cc1ccn2cc(C(=O)NCCCn3ccnc3)nc2c1. The minimum Gasteiger partial charge on any atom is -0.351 e. The number of carbonyl (C=O) groups excluding carboxylic acids is 1. The van der Waals surface area contributed by atoms with E-state index in [1.807, 2.05) is 40.4 Å². The highest BCUT2D eigenvalue weighted by atomic mass is 16.1. The second kappa shape index (κ2) is 5.78. The molecule has 3 aromatic heterocycles. The monoisotopic (exact) mass is 283 g/mol. The number of hydrogen-bond donors (Lipinski definition) is 1. The predicted molar refractivity (Wildman–Crippen MR) is 79.1 cm³/mol. The van der Waals surface area contributed by atoms with Crippen LogP contribution >= 0.6 is 0 Å². The van der Waals surface area contributed by atoms with Crippen LogP contribution < -0.4 is 5.32 Å². The van der Waals surface area contributed by atoms with Crippen LogP contribution in [0.4, 0.5) is 0 Å². The van der Waals surface area contributed by atoms with Crippen molar-refractivity contribution in [1.82, 2.24) is 24.3 Å². The first-order chi connectivity index (χ1) is 10.2. The van der Waals surface area contributed by atoms with Crippen LogP contribution in [0.2, 0.25) is 0 Å². The van der Waals surface area contributed by atoms with Crippen LogP contribution in [-0.4, -0.2) is 31.4 Å². The third-order valence-electron chi connectivity index (χ3n) is 3.29. The first kappa shape index (κ1) is 13.4. The molecule has 0 aromatic carbocycles. The number of rotatable bonds is 5. The van der Waals surface area contributed by atoms with Gasteiger partial charge < -0.3 is 14.3 Å². The van der Waals surface area contributed by atoms with Crippen molar-refractivity contribution in [3.8, 4) is 0 Å². The van der Waals surface area contributed by atoms with E-state index in [2.05, 4.69) is 15.3 Å². The summed E-state index contributed by atoms with van der Waals surface area (Å²) in [4.78, 5) is 20.4. The molecule has 0 aliphatic heterocycles. The fraction of sp³-hybridized carbons (Fsp3) is 0.267. The van der Waals surface area contributed by atoms with E-state index in [0.717, 1.165) is 24.2 Å². The molecular weight excluding hydrogens is 266 g/mol. The summed E-state index contributed by atoms with van der Waals surface area (Å²) in [7, 11) is 0. The molecular formula is C15H17N5O. The van der Waals surface area contributed by atoms with E-state index in [-0.39, 0.29) is 5.91 Å². The summed E-state index contributed by atoms with van der Waals surface area (Å²) in [5.74, 6) is -0.137. The van der Waals surface area contributed by atoms with Crippen LogP contribution in [-0.2, 0) is 6.54 Å². The number of hydrogen-bond acceptors (Lipinski definition) is 3. The number of aromatic nitrogens is 4. The molecule has 3 aromatic rings. The molecule has 0 saturated carbocycles. The molecule has 0 atom stereocenters. The maximum Gasteiger partial charge on any atom is 0.271 e. The summed E-state index contributed by atoms with van der Waals surface area (Å²) in [6, 6.07) is 3.94. The van der Waals surface area contributed by atoms with E-state index in [1.54, 1.807) is 18.7 Å². The Morgan fingerprint density at radius 3 is 3.10 bits per heavy atom. The Bertz CT molecular complexity index is 745. The smallest absolute Gasteiger partial charge is 0.271 e. The maximum atomic E-state index is 12.1. The molecule has 1 N–H and O–H groups in total. The molecule has 0 aliphatic carbocycles. The topological polar surface area (TPSA) is 64.2 Å². The second-order valence-corrected chi connectivity index (χ2v) is 5.01. The van der Waals surface area contributed by atoms with Gasteiger partial charge in [-0.3, -0.25) is 4.79 Å². The van der Waals surface area contributed by atoms with Crippen LogP contribution in [0.1, 0.15) is 22.5 Å². The van der Waals surface area contributed by atoms with Crippen molar-refractivity contribution in [2.24, 2.45) is 0 Å². The standard InChI is InChI=1S/C15H17N5O/c1-12-3-7-20-10-13(18-14(20)9-12)15(21)17-4-2-6-19-8-5-16-11-19/h3,5,7-11H,2,4,6H2,1H3,(H,17,21). The van der Waals surface area contributed by atoms with Gasteiger partial charge in [0.1, 0.15) is 11.3 Å². The van der Waals surface area contributed by atoms with Crippen molar-refractivity contribution < 1.29 is 4.79 Å². The molecule has 0 bridgehead atoms. The molecule has 0 radical (unpaired) electrons. The molecule has 0 aliphatic rings. The Labute approximate surface area is 122 Å². The summed E-state index contributed by atoms with van der Waals surface area (Å²) in [6.07, 6.45) is 9.94. The molecule has 6 nitrogen and oxygen atoms in total. The third kappa shape index (κ3) is 3.10. The highest BCUT2D eigenvalue weighted by molar-refractivity contribution is 5.92. The molecule has 6 heteroatoms. The Morgan fingerprint density at radius 2 is 2.29 bits per heavy atom. The highest BCUT2D eigenvalue weighted by Crippen LogP contribution is 2.07. The number of nitrogens with zero attached hydrogens (tertiary/aromatic N) is 4. The molecule has 3 heterocycles. The predicted octanol–water partition coefficient (Wildman–Crippen LogP) is 1.66. The summed E-state index contributed by atoms with van der Waals surface area (Å²) in [5.41, 5.74) is 2.36. The number of pyridine rings is 1. The fourth-order valence-electron chi connectivity index (χ4n) is 2.17. The van der Waals surface area contributed by atoms with Gasteiger partial charge in [-0.25, -0.2) is 9.97 Å². The Kier molecular flexibility index (Phi) is 3.68. The van der Waals surface area contributed by atoms with E-state index in [0.29, 0.717) is 12.2 Å². The summed E-state index contributed by atoms with van der Waals surface area (Å²) < 4.78 is 3.84. The lowest BCUT2D eigenvalue weighted by Gasteiger charge is -2.03. The van der Waals surface area contributed by atoms with E-state index in [9.17, 15) is 4.79 Å². The molecule has 0 spiro atoms. The van der Waals surface area contributed by atoms with Gasteiger partial charge in [-0.05, 0) is 31.0 Å². The number of aryl methyl sites for hydroxylation is 2. The van der Waals surface area contributed by atoms with Gasteiger partial charge >= 0.3 is 0 Å². The summed E-state index contributed by atoms with van der Waals surface area (Å²) in [6.45, 7) is 3.46. The van der Waals surface area contributed by atoms with Crippen molar-refractivity contribution in [1.29, 1.82) is 0 Å². The molecule has 0 fully saturated rings. The maximum absolute atomic E-state index is 12.1. The first-order valence-corrected chi connectivity index (χ1v) is 6.92. The zero-order valence-electron chi connectivity index (χ0n) is 11.9. The lowest BCUT2D eigenvalue weighted by Crippen LogP contribution is -2.25. The van der Waals surface area contributed by atoms with Gasteiger partial charge in [0.2, 0.25) is 0 Å². The Hall–Kier alpha value is -2.63. The molecule has 0 unspecified atom stereocenters. The minimum atomic E-state index is -0.137. The van der Waals surface area contributed by atoms with Crippen molar-refractivity contribution in [2.75, 3.05) is 6.54 Å². The zero-order chi connectivity index (χ0) is 14.7. The minimum absolute atomic E-state index is 0.137.